The van der Waals surface area contributed by atoms with Crippen molar-refractivity contribution in [3.8, 4) is 0 Å². The van der Waals surface area contributed by atoms with Crippen LogP contribution in [0.5, 0.6) is 0 Å². The summed E-state index contributed by atoms with van der Waals surface area (Å²) < 4.78 is 67.9. The number of rotatable bonds is 23. The molecule has 0 N–H and O–H groups in total. The fourth-order valence-electron chi connectivity index (χ4n) is 5.21. The van der Waals surface area contributed by atoms with Crippen LogP contribution in [-0.4, -0.2) is 31.6 Å². The van der Waals surface area contributed by atoms with Crippen molar-refractivity contribution in [1.82, 2.24) is 0 Å². The van der Waals surface area contributed by atoms with Gasteiger partial charge in [-0.05, 0) is 59.5 Å². The maximum Gasteiger partial charge on any atom is 0.466 e. The van der Waals surface area contributed by atoms with Crippen LogP contribution in [0.25, 0.3) is 0 Å². The van der Waals surface area contributed by atoms with E-state index >= 15 is 8.78 Å². The quantitative estimate of drug-likeness (QED) is 0.0550. The Morgan fingerprint density at radius 1 is 0.565 bits per heavy atom. The van der Waals surface area contributed by atoms with E-state index in [4.69, 9.17) is 8.37 Å². The first kappa shape index (κ1) is 38.2. The number of alkyl halides is 3. The number of carbonyl (C=O) groups excluding carboxylic acids is 1. The van der Waals surface area contributed by atoms with Gasteiger partial charge >= 0.3 is 21.3 Å². The van der Waals surface area contributed by atoms with Gasteiger partial charge in [0, 0.05) is 20.0 Å². The lowest BCUT2D eigenvalue weighted by molar-refractivity contribution is -0.161. The zero-order chi connectivity index (χ0) is 33.1. The summed E-state index contributed by atoms with van der Waals surface area (Å²) in [7, 11) is -9.04. The van der Waals surface area contributed by atoms with Gasteiger partial charge in [-0.3, -0.25) is 0 Å². The molecule has 10 heteroatoms. The van der Waals surface area contributed by atoms with Crippen molar-refractivity contribution < 1.29 is 30.4 Å². The van der Waals surface area contributed by atoms with Gasteiger partial charge in [0.25, 0.3) is 0 Å². The van der Waals surface area contributed by atoms with Crippen LogP contribution in [0, 0.1) is 0 Å². The van der Waals surface area contributed by atoms with Crippen LogP contribution in [0.3, 0.4) is 0 Å². The SMILES string of the molecule is O=C(OCCCCCCCCCCCCCCCCBr)C(F)(F)S(=O)(=O)OS(c1ccccc1)(c1ccccc1)c1ccccc1. The summed E-state index contributed by atoms with van der Waals surface area (Å²) in [6.45, 7) is -0.284. The Hall–Kier alpha value is -2.27. The molecule has 0 saturated carbocycles. The topological polar surface area (TPSA) is 69.7 Å². The second-order valence-electron chi connectivity index (χ2n) is 11.3. The van der Waals surface area contributed by atoms with Gasteiger partial charge in [0.05, 0.1) is 6.61 Å². The molecule has 0 spiro atoms. The zero-order valence-corrected chi connectivity index (χ0v) is 29.7. The maximum absolute atomic E-state index is 15.4. The van der Waals surface area contributed by atoms with E-state index in [2.05, 4.69) is 15.9 Å². The van der Waals surface area contributed by atoms with E-state index in [0.29, 0.717) is 27.5 Å². The highest BCUT2D eigenvalue weighted by Crippen LogP contribution is 2.70. The van der Waals surface area contributed by atoms with Crippen molar-refractivity contribution in [2.24, 2.45) is 0 Å². The first-order valence-corrected chi connectivity index (χ1v) is 20.4. The fourth-order valence-corrected chi connectivity index (χ4v) is 10.7. The molecule has 0 amide bonds. The molecule has 0 aliphatic heterocycles. The Bertz CT molecular complexity index is 1280. The third-order valence-corrected chi connectivity index (χ3v) is 13.4. The van der Waals surface area contributed by atoms with Gasteiger partial charge in [0.2, 0.25) is 0 Å². The summed E-state index contributed by atoms with van der Waals surface area (Å²) in [6, 6.07) is 25.1. The molecule has 0 aromatic heterocycles. The van der Waals surface area contributed by atoms with Crippen molar-refractivity contribution in [3.63, 3.8) is 0 Å². The molecule has 3 rings (SSSR count). The fraction of sp³-hybridized carbons (Fsp3) is 0.472. The van der Waals surface area contributed by atoms with Gasteiger partial charge in [0.15, 0.2) is 0 Å². The second kappa shape index (κ2) is 20.2. The van der Waals surface area contributed by atoms with Gasteiger partial charge < -0.3 is 4.74 Å². The van der Waals surface area contributed by atoms with E-state index in [1.165, 1.54) is 57.8 Å². The molecule has 0 aliphatic carbocycles. The average Bonchev–Trinajstić information content (AvgIpc) is 3.08. The van der Waals surface area contributed by atoms with Crippen LogP contribution in [0.1, 0.15) is 89.9 Å². The van der Waals surface area contributed by atoms with E-state index < -0.39 is 31.7 Å². The number of carbonyl (C=O) groups is 1. The van der Waals surface area contributed by atoms with E-state index in [0.717, 1.165) is 24.6 Å². The predicted octanol–water partition coefficient (Wildman–Crippen LogP) is 11.2. The van der Waals surface area contributed by atoms with E-state index in [1.807, 2.05) is 0 Å². The van der Waals surface area contributed by atoms with Gasteiger partial charge in [-0.2, -0.15) is 17.2 Å². The normalized spacial score (nSPS) is 12.6. The highest BCUT2D eigenvalue weighted by molar-refractivity contribution is 9.09. The smallest absolute Gasteiger partial charge is 0.460 e. The van der Waals surface area contributed by atoms with Crippen molar-refractivity contribution in [2.75, 3.05) is 11.9 Å². The highest BCUT2D eigenvalue weighted by Gasteiger charge is 2.58. The second-order valence-corrected chi connectivity index (χ2v) is 16.6. The zero-order valence-electron chi connectivity index (χ0n) is 26.5. The van der Waals surface area contributed by atoms with Crippen molar-refractivity contribution in [1.29, 1.82) is 0 Å². The van der Waals surface area contributed by atoms with Crippen molar-refractivity contribution in [3.05, 3.63) is 91.0 Å². The Balaban J connectivity index is 1.52. The lowest BCUT2D eigenvalue weighted by Crippen LogP contribution is -2.41. The van der Waals surface area contributed by atoms with Crippen molar-refractivity contribution in [2.45, 2.75) is 110 Å². The molecule has 0 atom stereocenters. The molecule has 254 valence electrons. The summed E-state index contributed by atoms with van der Waals surface area (Å²) in [5.74, 6) is -2.13. The number of benzene rings is 3. The van der Waals surface area contributed by atoms with Gasteiger partial charge in [-0.1, -0.05) is 148 Å². The number of hydrogen-bond acceptors (Lipinski definition) is 5. The number of esters is 1. The lowest BCUT2D eigenvalue weighted by atomic mass is 10.0. The molecule has 0 bridgehead atoms. The van der Waals surface area contributed by atoms with Crippen molar-refractivity contribution >= 4 is 42.3 Å². The van der Waals surface area contributed by atoms with Crippen LogP contribution in [0.15, 0.2) is 106 Å². The summed E-state index contributed by atoms with van der Waals surface area (Å²) in [4.78, 5) is 13.7. The average molecular weight is 742 g/mol. The molecular weight excluding hydrogens is 694 g/mol. The van der Waals surface area contributed by atoms with E-state index in [9.17, 15) is 13.2 Å². The van der Waals surface area contributed by atoms with Gasteiger partial charge in [-0.25, -0.2) is 8.42 Å². The monoisotopic (exact) mass is 740 g/mol. The summed E-state index contributed by atoms with van der Waals surface area (Å²) in [5, 5.41) is -3.81. The molecule has 3 aromatic rings. The molecule has 0 unspecified atom stereocenters. The summed E-state index contributed by atoms with van der Waals surface area (Å²) >= 11 is 3.47. The number of halogens is 3. The minimum atomic E-state index is -5.81. The largest absolute Gasteiger partial charge is 0.466 e. The molecule has 0 aliphatic rings. The van der Waals surface area contributed by atoms with E-state index in [-0.39, 0.29) is 6.61 Å². The van der Waals surface area contributed by atoms with Crippen LogP contribution < -0.4 is 0 Å². The van der Waals surface area contributed by atoms with E-state index in [1.54, 1.807) is 91.0 Å². The number of hydrogen-bond donors (Lipinski definition) is 0. The Kier molecular flexibility index (Phi) is 16.7. The summed E-state index contributed by atoms with van der Waals surface area (Å²) in [6.07, 6.45) is 15.6. The van der Waals surface area contributed by atoms with Crippen LogP contribution in [0.4, 0.5) is 8.78 Å². The number of ether oxygens (including phenoxy) is 1. The lowest BCUT2D eigenvalue weighted by Gasteiger charge is -2.39. The molecule has 0 fully saturated rings. The predicted molar refractivity (Wildman–Crippen MR) is 186 cm³/mol. The molecule has 5 nitrogen and oxygen atoms in total. The minimum absolute atomic E-state index is 0.284. The van der Waals surface area contributed by atoms with Crippen LogP contribution in [-0.2, 0) is 23.3 Å². The van der Waals surface area contributed by atoms with Crippen LogP contribution >= 0.6 is 26.2 Å². The Morgan fingerprint density at radius 2 is 0.891 bits per heavy atom. The molecule has 0 heterocycles. The Morgan fingerprint density at radius 3 is 1.24 bits per heavy atom. The highest BCUT2D eigenvalue weighted by atomic mass is 79.9. The van der Waals surface area contributed by atoms with Gasteiger partial charge in [-0.15, -0.1) is 0 Å². The number of unbranched alkanes of at least 4 members (excludes halogenated alkanes) is 13. The Labute approximate surface area is 284 Å². The maximum atomic E-state index is 15.4. The third-order valence-electron chi connectivity index (χ3n) is 7.73. The van der Waals surface area contributed by atoms with Crippen LogP contribution in [0.2, 0.25) is 0 Å². The van der Waals surface area contributed by atoms with Gasteiger partial charge in [0.1, 0.15) is 0 Å². The molecule has 0 radical (unpaired) electrons. The first-order valence-electron chi connectivity index (χ1n) is 16.3. The molecule has 0 saturated heterocycles. The third kappa shape index (κ3) is 11.2. The molecular formula is C36H47BrF2O5S2. The standard InChI is InChI=1S/C36H47BrF2O5S2/c37-30-22-11-9-7-5-3-1-2-4-6-8-10-12-23-31-43-35(40)36(38,39)46(41,42)44-45(32-24-16-13-17-25-32,33-26-18-14-19-27-33)34-28-20-15-21-29-34/h13-21,24-29H,1-12,22-23,30-31H2. The summed E-state index contributed by atoms with van der Waals surface area (Å²) in [5.41, 5.74) is 0. The first-order chi connectivity index (χ1) is 22.3. The molecule has 46 heavy (non-hydrogen) atoms. The minimum Gasteiger partial charge on any atom is -0.460 e. The molecule has 3 aromatic carbocycles.